The number of aromatic amines is 1. The lowest BCUT2D eigenvalue weighted by atomic mass is 9.91. The number of anilines is 2. The predicted octanol–water partition coefficient (Wildman–Crippen LogP) is 2.57. The van der Waals surface area contributed by atoms with Crippen LogP contribution in [0.25, 0.3) is 22.2 Å². The Morgan fingerprint density at radius 3 is 2.58 bits per heavy atom. The lowest BCUT2D eigenvalue weighted by molar-refractivity contribution is -0.266. The van der Waals surface area contributed by atoms with Crippen molar-refractivity contribution in [1.82, 2.24) is 24.5 Å². The highest BCUT2D eigenvalue weighted by atomic mass is 19.4. The number of nitrogens with two attached hydrogens (primary N) is 1. The Morgan fingerprint density at radius 1 is 1.30 bits per heavy atom. The Hall–Kier alpha value is -3.02. The van der Waals surface area contributed by atoms with Gasteiger partial charge >= 0.3 is 6.18 Å². The third-order valence-electron chi connectivity index (χ3n) is 7.10. The van der Waals surface area contributed by atoms with Gasteiger partial charge in [0.15, 0.2) is 11.4 Å². The van der Waals surface area contributed by atoms with E-state index >= 15 is 0 Å². The summed E-state index contributed by atoms with van der Waals surface area (Å²) in [4.78, 5) is 14.9. The highest BCUT2D eigenvalue weighted by Gasteiger charge is 2.54. The molecule has 1 aliphatic carbocycles. The molecule has 33 heavy (non-hydrogen) atoms. The third-order valence-corrected chi connectivity index (χ3v) is 7.10. The number of aryl methyl sites for hydroxylation is 1. The molecule has 4 heterocycles. The van der Waals surface area contributed by atoms with Gasteiger partial charge in [-0.3, -0.25) is 14.6 Å². The van der Waals surface area contributed by atoms with E-state index < -0.39 is 24.6 Å². The standard InChI is InChI=1S/C21H26F3N7O2/c1-11(12-3-4-12)31-10-13(17-16(19(31)32)18(25)27-26-17)14-9-15(29(2)28-14)30-7-5-20(33,6-8-30)21(22,23)24/h9-12,33H,3-8H2,1-2H3,(H3,25,26,27)/t11-/m0/s1. The van der Waals surface area contributed by atoms with Crippen molar-refractivity contribution in [2.75, 3.05) is 23.7 Å². The molecule has 1 atom stereocenters. The van der Waals surface area contributed by atoms with Crippen molar-refractivity contribution in [3.63, 3.8) is 0 Å². The lowest BCUT2D eigenvalue weighted by Gasteiger charge is -2.39. The van der Waals surface area contributed by atoms with Gasteiger partial charge in [-0.2, -0.15) is 23.4 Å². The van der Waals surface area contributed by atoms with Crippen molar-refractivity contribution in [2.45, 2.75) is 50.4 Å². The first-order valence-electron chi connectivity index (χ1n) is 11.0. The fourth-order valence-electron chi connectivity index (χ4n) is 4.74. The number of aliphatic hydroxyl groups is 1. The molecule has 0 spiro atoms. The largest absolute Gasteiger partial charge is 0.417 e. The molecule has 5 rings (SSSR count). The normalized spacial score (nSPS) is 19.9. The number of hydrogen-bond acceptors (Lipinski definition) is 6. The summed E-state index contributed by atoms with van der Waals surface area (Å²) in [5.74, 6) is 1.18. The number of rotatable bonds is 4. The second kappa shape index (κ2) is 7.24. The van der Waals surface area contributed by atoms with Gasteiger partial charge in [0, 0.05) is 56.8 Å². The smallest absolute Gasteiger partial charge is 0.382 e. The predicted molar refractivity (Wildman–Crippen MR) is 117 cm³/mol. The summed E-state index contributed by atoms with van der Waals surface area (Å²) >= 11 is 0. The number of pyridine rings is 1. The molecular formula is C21H26F3N7O2. The molecule has 2 aliphatic rings. The summed E-state index contributed by atoms with van der Waals surface area (Å²) in [5.41, 5.74) is 4.79. The summed E-state index contributed by atoms with van der Waals surface area (Å²) < 4.78 is 42.8. The number of nitrogen functional groups attached to an aromatic ring is 1. The molecule has 0 unspecified atom stereocenters. The summed E-state index contributed by atoms with van der Waals surface area (Å²) in [6.45, 7) is 2.09. The summed E-state index contributed by atoms with van der Waals surface area (Å²) in [5, 5.41) is 21.7. The van der Waals surface area contributed by atoms with Crippen LogP contribution in [0.1, 0.15) is 38.6 Å². The van der Waals surface area contributed by atoms with Gasteiger partial charge in [0.25, 0.3) is 5.56 Å². The highest BCUT2D eigenvalue weighted by Crippen LogP contribution is 2.41. The molecule has 1 saturated heterocycles. The van der Waals surface area contributed by atoms with Crippen LogP contribution in [-0.2, 0) is 7.05 Å². The second-order valence-corrected chi connectivity index (χ2v) is 9.22. The van der Waals surface area contributed by atoms with Gasteiger partial charge in [-0.25, -0.2) is 0 Å². The average Bonchev–Trinajstić information content (AvgIpc) is 3.43. The molecule has 178 valence electrons. The zero-order valence-corrected chi connectivity index (χ0v) is 18.4. The number of aromatic nitrogens is 5. The van der Waals surface area contributed by atoms with Crippen molar-refractivity contribution in [3.05, 3.63) is 22.6 Å². The van der Waals surface area contributed by atoms with E-state index in [1.54, 1.807) is 33.5 Å². The number of alkyl halides is 3. The molecule has 1 aliphatic heterocycles. The van der Waals surface area contributed by atoms with E-state index in [-0.39, 0.29) is 30.5 Å². The van der Waals surface area contributed by atoms with Crippen LogP contribution in [0, 0.1) is 5.92 Å². The Bertz CT molecular complexity index is 1260. The summed E-state index contributed by atoms with van der Waals surface area (Å²) in [6, 6.07) is 1.78. The first kappa shape index (κ1) is 21.8. The Kier molecular flexibility index (Phi) is 4.78. The fraction of sp³-hybridized carbons (Fsp3) is 0.571. The Labute approximate surface area is 187 Å². The molecule has 9 nitrogen and oxygen atoms in total. The lowest BCUT2D eigenvalue weighted by Crippen LogP contribution is -2.53. The minimum absolute atomic E-state index is 0.000253. The molecule has 12 heteroatoms. The number of piperidine rings is 1. The maximum absolute atomic E-state index is 13.2. The molecule has 4 N–H and O–H groups in total. The van der Waals surface area contributed by atoms with E-state index in [0.717, 1.165) is 12.8 Å². The van der Waals surface area contributed by atoms with Crippen molar-refractivity contribution in [2.24, 2.45) is 13.0 Å². The SMILES string of the molecule is C[C@@H](C1CC1)n1cc(-c2cc(N3CCC(O)(C(F)(F)F)CC3)n(C)n2)c2[nH]nc(N)c2c1=O. The van der Waals surface area contributed by atoms with E-state index in [0.29, 0.717) is 33.9 Å². The van der Waals surface area contributed by atoms with Gasteiger partial charge in [0.1, 0.15) is 11.2 Å². The van der Waals surface area contributed by atoms with Crippen LogP contribution in [-0.4, -0.2) is 54.5 Å². The Morgan fingerprint density at radius 2 is 1.97 bits per heavy atom. The van der Waals surface area contributed by atoms with Crippen LogP contribution >= 0.6 is 0 Å². The van der Waals surface area contributed by atoms with Crippen molar-refractivity contribution >= 4 is 22.5 Å². The van der Waals surface area contributed by atoms with Crippen LogP contribution in [0.5, 0.6) is 0 Å². The van der Waals surface area contributed by atoms with Gasteiger partial charge in [-0.1, -0.05) is 0 Å². The van der Waals surface area contributed by atoms with Crippen molar-refractivity contribution in [1.29, 1.82) is 0 Å². The minimum Gasteiger partial charge on any atom is -0.382 e. The fourth-order valence-corrected chi connectivity index (χ4v) is 4.74. The number of hydrogen-bond donors (Lipinski definition) is 3. The van der Waals surface area contributed by atoms with E-state index in [2.05, 4.69) is 15.3 Å². The van der Waals surface area contributed by atoms with Crippen LogP contribution in [0.4, 0.5) is 24.8 Å². The Balaban J connectivity index is 1.53. The summed E-state index contributed by atoms with van der Waals surface area (Å²) in [7, 11) is 1.71. The molecule has 0 aromatic carbocycles. The maximum atomic E-state index is 13.2. The van der Waals surface area contributed by atoms with E-state index in [9.17, 15) is 23.1 Å². The highest BCUT2D eigenvalue weighted by molar-refractivity contribution is 5.97. The zero-order chi connectivity index (χ0) is 23.7. The van der Waals surface area contributed by atoms with Crippen molar-refractivity contribution in [3.8, 4) is 11.3 Å². The van der Waals surface area contributed by atoms with Crippen LogP contribution in [0.15, 0.2) is 17.1 Å². The topological polar surface area (TPSA) is 118 Å². The third kappa shape index (κ3) is 3.47. The zero-order valence-electron chi connectivity index (χ0n) is 18.4. The van der Waals surface area contributed by atoms with E-state index in [4.69, 9.17) is 5.73 Å². The second-order valence-electron chi connectivity index (χ2n) is 9.22. The number of nitrogens with one attached hydrogen (secondary N) is 1. The van der Waals surface area contributed by atoms with Gasteiger partial charge < -0.3 is 20.3 Å². The van der Waals surface area contributed by atoms with Gasteiger partial charge in [0.2, 0.25) is 0 Å². The molecule has 0 bridgehead atoms. The van der Waals surface area contributed by atoms with Crippen LogP contribution < -0.4 is 16.2 Å². The maximum Gasteiger partial charge on any atom is 0.417 e. The minimum atomic E-state index is -4.66. The molecule has 0 radical (unpaired) electrons. The molecule has 3 aromatic rings. The molecule has 3 aromatic heterocycles. The molecule has 2 fully saturated rings. The van der Waals surface area contributed by atoms with Crippen molar-refractivity contribution < 1.29 is 18.3 Å². The van der Waals surface area contributed by atoms with Crippen LogP contribution in [0.3, 0.4) is 0 Å². The van der Waals surface area contributed by atoms with Gasteiger partial charge in [-0.05, 0) is 25.7 Å². The number of fused-ring (bicyclic) bond motifs is 1. The van der Waals surface area contributed by atoms with Gasteiger partial charge in [-0.15, -0.1) is 0 Å². The average molecular weight is 465 g/mol. The monoisotopic (exact) mass is 465 g/mol. The molecular weight excluding hydrogens is 439 g/mol. The van der Waals surface area contributed by atoms with E-state index in [1.165, 1.54) is 0 Å². The summed E-state index contributed by atoms with van der Waals surface area (Å²) in [6.07, 6.45) is -1.60. The van der Waals surface area contributed by atoms with Crippen LogP contribution in [0.2, 0.25) is 0 Å². The first-order valence-corrected chi connectivity index (χ1v) is 11.0. The number of halogens is 3. The number of nitrogens with zero attached hydrogens (tertiary/aromatic N) is 5. The first-order chi connectivity index (χ1) is 15.5. The number of H-pyrrole nitrogens is 1. The molecule has 1 saturated carbocycles. The van der Waals surface area contributed by atoms with Gasteiger partial charge in [0.05, 0.1) is 11.2 Å². The van der Waals surface area contributed by atoms with E-state index in [1.807, 2.05) is 6.92 Å². The quantitative estimate of drug-likeness (QED) is 0.545. The molecule has 0 amide bonds.